The average Bonchev–Trinajstić information content (AvgIpc) is 3.14. The predicted octanol–water partition coefficient (Wildman–Crippen LogP) is 3.63. The number of hydrogen-bond donors (Lipinski definition) is 1. The van der Waals surface area contributed by atoms with Crippen molar-refractivity contribution in [3.8, 4) is 0 Å². The number of alkyl halides is 3. The zero-order valence-electron chi connectivity index (χ0n) is 11.4. The van der Waals surface area contributed by atoms with Gasteiger partial charge >= 0.3 is 6.18 Å². The van der Waals surface area contributed by atoms with Gasteiger partial charge in [0.1, 0.15) is 6.10 Å². The first-order chi connectivity index (χ1) is 9.88. The molecule has 1 aromatic carbocycles. The van der Waals surface area contributed by atoms with Crippen molar-refractivity contribution < 1.29 is 18.3 Å². The van der Waals surface area contributed by atoms with Gasteiger partial charge in [0.25, 0.3) is 0 Å². The second-order valence-electron chi connectivity index (χ2n) is 5.43. The van der Waals surface area contributed by atoms with Gasteiger partial charge in [0.15, 0.2) is 0 Å². The van der Waals surface area contributed by atoms with E-state index >= 15 is 0 Å². The minimum Gasteiger partial charge on any atom is -0.382 e. The molecule has 1 unspecified atom stereocenters. The fourth-order valence-electron chi connectivity index (χ4n) is 2.50. The zero-order chi connectivity index (χ0) is 15.2. The third-order valence-corrected chi connectivity index (χ3v) is 3.81. The van der Waals surface area contributed by atoms with E-state index in [9.17, 15) is 18.3 Å². The molecule has 0 spiro atoms. The summed E-state index contributed by atoms with van der Waals surface area (Å²) in [5.74, 6) is 0. The summed E-state index contributed by atoms with van der Waals surface area (Å²) in [5.41, 5.74) is 0.818. The van der Waals surface area contributed by atoms with Crippen LogP contribution in [0.3, 0.4) is 0 Å². The molecular weight excluding hydrogens is 281 g/mol. The Morgan fingerprint density at radius 2 is 2.05 bits per heavy atom. The van der Waals surface area contributed by atoms with Gasteiger partial charge < -0.3 is 9.67 Å². The van der Waals surface area contributed by atoms with Crippen LogP contribution in [-0.2, 0) is 6.18 Å². The molecule has 1 fully saturated rings. The molecule has 2 aromatic rings. The monoisotopic (exact) mass is 296 g/mol. The van der Waals surface area contributed by atoms with Crippen LogP contribution in [0.1, 0.15) is 47.4 Å². The number of imidazole rings is 1. The van der Waals surface area contributed by atoms with Crippen LogP contribution >= 0.6 is 0 Å². The summed E-state index contributed by atoms with van der Waals surface area (Å²) in [6.45, 7) is 1.58. The van der Waals surface area contributed by atoms with Crippen LogP contribution in [-0.4, -0.2) is 14.7 Å². The number of aromatic nitrogens is 2. The first-order valence-electron chi connectivity index (χ1n) is 6.75. The second-order valence-corrected chi connectivity index (χ2v) is 5.43. The van der Waals surface area contributed by atoms with E-state index in [4.69, 9.17) is 0 Å². The van der Waals surface area contributed by atoms with Crippen molar-refractivity contribution in [1.29, 1.82) is 0 Å². The molecule has 0 radical (unpaired) electrons. The normalized spacial score (nSPS) is 17.0. The highest BCUT2D eigenvalue weighted by Crippen LogP contribution is 2.39. The summed E-state index contributed by atoms with van der Waals surface area (Å²) < 4.78 is 39.9. The Hall–Kier alpha value is -1.82. The van der Waals surface area contributed by atoms with E-state index in [2.05, 4.69) is 4.98 Å². The van der Waals surface area contributed by atoms with Crippen LogP contribution in [0.5, 0.6) is 0 Å². The molecule has 3 rings (SSSR count). The van der Waals surface area contributed by atoms with Crippen LogP contribution < -0.4 is 0 Å². The predicted molar refractivity (Wildman–Crippen MR) is 70.7 cm³/mol. The molecule has 0 bridgehead atoms. The van der Waals surface area contributed by atoms with Gasteiger partial charge in [-0.1, -0.05) is 6.07 Å². The molecule has 0 amide bonds. The number of hydrogen-bond acceptors (Lipinski definition) is 2. The van der Waals surface area contributed by atoms with E-state index in [0.717, 1.165) is 25.0 Å². The molecule has 0 aliphatic heterocycles. The first kappa shape index (κ1) is 14.1. The smallest absolute Gasteiger partial charge is 0.382 e. The second kappa shape index (κ2) is 4.87. The van der Waals surface area contributed by atoms with Gasteiger partial charge in [-0.3, -0.25) is 0 Å². The lowest BCUT2D eigenvalue weighted by atomic mass is 9.98. The van der Waals surface area contributed by atoms with E-state index in [0.29, 0.717) is 22.9 Å². The standard InChI is InChI=1S/C15H15F3N2O/c1-9-6-10(15(16,17)18)2-5-12(9)14(21)13-7-19-8-20(13)11-3-4-11/h2,5-8,11,14,21H,3-4H2,1H3. The number of benzene rings is 1. The minimum absolute atomic E-state index is 0.354. The van der Waals surface area contributed by atoms with Crippen molar-refractivity contribution >= 4 is 0 Å². The van der Waals surface area contributed by atoms with Gasteiger partial charge in [0.05, 0.1) is 23.8 Å². The summed E-state index contributed by atoms with van der Waals surface area (Å²) in [5, 5.41) is 10.5. The number of aryl methyl sites for hydroxylation is 1. The number of aliphatic hydroxyl groups excluding tert-OH is 1. The van der Waals surface area contributed by atoms with Crippen molar-refractivity contribution in [3.63, 3.8) is 0 Å². The molecule has 21 heavy (non-hydrogen) atoms. The summed E-state index contributed by atoms with van der Waals surface area (Å²) in [6, 6.07) is 3.76. The maximum Gasteiger partial charge on any atom is 0.416 e. The molecule has 1 N–H and O–H groups in total. The van der Waals surface area contributed by atoms with Crippen molar-refractivity contribution in [2.75, 3.05) is 0 Å². The maximum atomic E-state index is 12.7. The SMILES string of the molecule is Cc1cc(C(F)(F)F)ccc1C(O)c1cncn1C1CC1. The maximum absolute atomic E-state index is 12.7. The Morgan fingerprint density at radius 1 is 1.33 bits per heavy atom. The largest absolute Gasteiger partial charge is 0.416 e. The van der Waals surface area contributed by atoms with Crippen LogP contribution in [0.2, 0.25) is 0 Å². The highest BCUT2D eigenvalue weighted by molar-refractivity contribution is 5.37. The van der Waals surface area contributed by atoms with Crippen LogP contribution in [0.15, 0.2) is 30.7 Å². The van der Waals surface area contributed by atoms with Crippen molar-refractivity contribution in [3.05, 3.63) is 53.1 Å². The lowest BCUT2D eigenvalue weighted by Crippen LogP contribution is -2.10. The highest BCUT2D eigenvalue weighted by Gasteiger charge is 2.32. The fourth-order valence-corrected chi connectivity index (χ4v) is 2.50. The van der Waals surface area contributed by atoms with E-state index in [-0.39, 0.29) is 0 Å². The quantitative estimate of drug-likeness (QED) is 0.939. The highest BCUT2D eigenvalue weighted by atomic mass is 19.4. The summed E-state index contributed by atoms with van der Waals surface area (Å²) in [4.78, 5) is 4.04. The third-order valence-electron chi connectivity index (χ3n) is 3.81. The van der Waals surface area contributed by atoms with Crippen LogP contribution in [0.25, 0.3) is 0 Å². The molecule has 0 saturated heterocycles. The van der Waals surface area contributed by atoms with Gasteiger partial charge in [-0.2, -0.15) is 13.2 Å². The Labute approximate surface area is 120 Å². The number of rotatable bonds is 3. The van der Waals surface area contributed by atoms with E-state index in [1.807, 2.05) is 4.57 Å². The molecule has 1 aliphatic rings. The molecule has 1 heterocycles. The number of nitrogens with zero attached hydrogens (tertiary/aromatic N) is 2. The Kier molecular flexibility index (Phi) is 3.28. The lowest BCUT2D eigenvalue weighted by molar-refractivity contribution is -0.137. The Bertz CT molecular complexity index is 659. The van der Waals surface area contributed by atoms with Gasteiger partial charge in [0.2, 0.25) is 0 Å². The third kappa shape index (κ3) is 2.68. The molecule has 112 valence electrons. The zero-order valence-corrected chi connectivity index (χ0v) is 11.4. The van der Waals surface area contributed by atoms with Crippen LogP contribution in [0.4, 0.5) is 13.2 Å². The molecule has 3 nitrogen and oxygen atoms in total. The minimum atomic E-state index is -4.37. The number of halogens is 3. The fraction of sp³-hybridized carbons (Fsp3) is 0.400. The Morgan fingerprint density at radius 3 is 2.62 bits per heavy atom. The van der Waals surface area contributed by atoms with Crippen molar-refractivity contribution in [2.24, 2.45) is 0 Å². The molecule has 1 aliphatic carbocycles. The Balaban J connectivity index is 1.94. The molecular formula is C15H15F3N2O. The average molecular weight is 296 g/mol. The molecule has 1 aromatic heterocycles. The van der Waals surface area contributed by atoms with Crippen molar-refractivity contribution in [2.45, 2.75) is 38.1 Å². The summed E-state index contributed by atoms with van der Waals surface area (Å²) in [6.07, 6.45) is -0.0143. The topological polar surface area (TPSA) is 38.1 Å². The number of aliphatic hydroxyl groups is 1. The van der Waals surface area contributed by atoms with E-state index in [1.54, 1.807) is 19.4 Å². The molecule has 1 saturated carbocycles. The summed E-state index contributed by atoms with van der Waals surface area (Å²) in [7, 11) is 0. The first-order valence-corrected chi connectivity index (χ1v) is 6.75. The van der Waals surface area contributed by atoms with Gasteiger partial charge in [-0.05, 0) is 43.0 Å². The lowest BCUT2D eigenvalue weighted by Gasteiger charge is -2.17. The van der Waals surface area contributed by atoms with E-state index < -0.39 is 17.8 Å². The van der Waals surface area contributed by atoms with Crippen molar-refractivity contribution in [1.82, 2.24) is 9.55 Å². The van der Waals surface area contributed by atoms with Gasteiger partial charge in [-0.25, -0.2) is 4.98 Å². The van der Waals surface area contributed by atoms with Gasteiger partial charge in [0, 0.05) is 6.04 Å². The van der Waals surface area contributed by atoms with Crippen LogP contribution in [0, 0.1) is 6.92 Å². The molecule has 1 atom stereocenters. The summed E-state index contributed by atoms with van der Waals surface area (Å²) >= 11 is 0. The van der Waals surface area contributed by atoms with E-state index in [1.165, 1.54) is 6.07 Å². The van der Waals surface area contributed by atoms with Gasteiger partial charge in [-0.15, -0.1) is 0 Å². The molecule has 6 heteroatoms.